The highest BCUT2D eigenvalue weighted by atomic mass is 16.6. The SMILES string of the molecule is C[C@@H](OC(C)(C)C)[C@H](NC(=O)OC(C)(C)C)c1nnc([C@H](CCC(=O)NC(c2ccccc2)(c2ccccc2)c2ccccc2)NC(=O)OCC2c3ccccc3-c3ccccc32)o1. The molecule has 6 aromatic rings. The molecule has 0 saturated heterocycles. The maximum absolute atomic E-state index is 14.5. The van der Waals surface area contributed by atoms with Crippen molar-refractivity contribution in [3.8, 4) is 11.1 Å². The monoisotopic (exact) mass is 863 g/mol. The molecule has 3 amide bonds. The molecule has 0 radical (unpaired) electrons. The Balaban J connectivity index is 1.18. The number of nitrogens with zero attached hydrogens (tertiary/aromatic N) is 2. The summed E-state index contributed by atoms with van der Waals surface area (Å²) in [5, 5.41) is 17.9. The second kappa shape index (κ2) is 19.3. The minimum atomic E-state index is -1.06. The molecular formula is C52H57N5O7. The first-order chi connectivity index (χ1) is 30.6. The number of aromatic nitrogens is 2. The van der Waals surface area contributed by atoms with Crippen molar-refractivity contribution >= 4 is 18.1 Å². The van der Waals surface area contributed by atoms with Gasteiger partial charge in [0.2, 0.25) is 17.7 Å². The molecule has 12 heteroatoms. The molecule has 0 unspecified atom stereocenters. The molecular weight excluding hydrogens is 807 g/mol. The molecule has 0 spiro atoms. The molecule has 1 aromatic heterocycles. The number of fused-ring (bicyclic) bond motifs is 3. The maximum Gasteiger partial charge on any atom is 0.408 e. The zero-order valence-corrected chi connectivity index (χ0v) is 37.5. The molecule has 0 fully saturated rings. The van der Waals surface area contributed by atoms with Crippen LogP contribution in [0.25, 0.3) is 11.1 Å². The van der Waals surface area contributed by atoms with Crippen LogP contribution < -0.4 is 16.0 Å². The van der Waals surface area contributed by atoms with Crippen LogP contribution in [0.4, 0.5) is 9.59 Å². The van der Waals surface area contributed by atoms with Crippen LogP contribution in [0.1, 0.15) is 119 Å². The molecule has 0 aliphatic heterocycles. The number of alkyl carbamates (subject to hydrolysis) is 2. The number of hydrogen-bond acceptors (Lipinski definition) is 9. The van der Waals surface area contributed by atoms with Crippen molar-refractivity contribution in [2.24, 2.45) is 0 Å². The number of benzene rings is 5. The Labute approximate surface area is 375 Å². The molecule has 5 aromatic carbocycles. The average molecular weight is 864 g/mol. The summed E-state index contributed by atoms with van der Waals surface area (Å²) in [6.45, 7) is 12.8. The molecule has 332 valence electrons. The van der Waals surface area contributed by atoms with E-state index in [1.54, 1.807) is 27.7 Å². The van der Waals surface area contributed by atoms with Gasteiger partial charge < -0.3 is 34.6 Å². The van der Waals surface area contributed by atoms with Crippen molar-refractivity contribution in [1.29, 1.82) is 0 Å². The summed E-state index contributed by atoms with van der Waals surface area (Å²) in [6.07, 6.45) is -2.10. The minimum absolute atomic E-state index is 0.00990. The summed E-state index contributed by atoms with van der Waals surface area (Å²) in [4.78, 5) is 41.5. The molecule has 64 heavy (non-hydrogen) atoms. The van der Waals surface area contributed by atoms with Crippen LogP contribution in [-0.4, -0.2) is 52.2 Å². The highest BCUT2D eigenvalue weighted by Gasteiger charge is 2.39. The van der Waals surface area contributed by atoms with Crippen molar-refractivity contribution in [2.75, 3.05) is 6.61 Å². The molecule has 7 rings (SSSR count). The van der Waals surface area contributed by atoms with E-state index in [4.69, 9.17) is 18.6 Å². The Morgan fingerprint density at radius 1 is 0.625 bits per heavy atom. The quantitative estimate of drug-likeness (QED) is 0.0856. The number of amides is 3. The summed E-state index contributed by atoms with van der Waals surface area (Å²) < 4.78 is 24.1. The van der Waals surface area contributed by atoms with Crippen molar-refractivity contribution < 1.29 is 33.0 Å². The lowest BCUT2D eigenvalue weighted by Crippen LogP contribution is -2.48. The molecule has 1 heterocycles. The first kappa shape index (κ1) is 45.2. The van der Waals surface area contributed by atoms with E-state index in [1.165, 1.54) is 0 Å². The second-order valence-corrected chi connectivity index (χ2v) is 18.0. The number of carbonyl (C=O) groups is 3. The van der Waals surface area contributed by atoms with E-state index < -0.39 is 47.1 Å². The van der Waals surface area contributed by atoms with Crippen molar-refractivity contribution in [3.05, 3.63) is 179 Å². The van der Waals surface area contributed by atoms with E-state index in [9.17, 15) is 14.4 Å². The van der Waals surface area contributed by atoms with Gasteiger partial charge in [0.25, 0.3) is 0 Å². The third-order valence-electron chi connectivity index (χ3n) is 10.9. The number of nitrogens with one attached hydrogen (secondary N) is 3. The Morgan fingerprint density at radius 2 is 1.11 bits per heavy atom. The Hall–Kier alpha value is -6.79. The van der Waals surface area contributed by atoms with Crippen molar-refractivity contribution in [3.63, 3.8) is 0 Å². The molecule has 12 nitrogen and oxygen atoms in total. The van der Waals surface area contributed by atoms with Gasteiger partial charge in [-0.3, -0.25) is 4.79 Å². The lowest BCUT2D eigenvalue weighted by Gasteiger charge is -2.37. The Kier molecular flexibility index (Phi) is 13.6. The zero-order valence-electron chi connectivity index (χ0n) is 37.5. The normalized spacial score (nSPS) is 14.0. The molecule has 0 bridgehead atoms. The average Bonchev–Trinajstić information content (AvgIpc) is 3.88. The van der Waals surface area contributed by atoms with E-state index in [0.29, 0.717) is 0 Å². The van der Waals surface area contributed by atoms with Gasteiger partial charge in [0.15, 0.2) is 0 Å². The largest absolute Gasteiger partial charge is 0.449 e. The first-order valence-electron chi connectivity index (χ1n) is 21.7. The van der Waals surface area contributed by atoms with Crippen LogP contribution in [0.5, 0.6) is 0 Å². The lowest BCUT2D eigenvalue weighted by atomic mass is 9.77. The zero-order chi connectivity index (χ0) is 45.5. The summed E-state index contributed by atoms with van der Waals surface area (Å²) in [5.74, 6) is -0.441. The fraction of sp³-hybridized carbons (Fsp3) is 0.327. The predicted molar refractivity (Wildman–Crippen MR) is 244 cm³/mol. The minimum Gasteiger partial charge on any atom is -0.449 e. The summed E-state index contributed by atoms with van der Waals surface area (Å²) >= 11 is 0. The standard InChI is InChI=1S/C52H57N5O7/c1-34(63-50(2,3)4)45(54-49(60)64-51(5,6)7)47-57-56-46(62-47)43(53-48(59)61-33-42-40-29-19-17-27-38(40)39-28-18-20-30-41(39)42)31-32-44(58)55-52(35-21-11-8-12-22-35,36-23-13-9-14-24-36)37-25-15-10-16-26-37/h8-30,34,42-43,45H,31-33H2,1-7H3,(H,53,59)(H,54,60)(H,55,58)/t34-,43+,45+/m1/s1. The predicted octanol–water partition coefficient (Wildman–Crippen LogP) is 10.3. The van der Waals surface area contributed by atoms with E-state index in [2.05, 4.69) is 50.4 Å². The van der Waals surface area contributed by atoms with Crippen LogP contribution in [0.2, 0.25) is 0 Å². The van der Waals surface area contributed by atoms with Crippen molar-refractivity contribution in [2.45, 2.75) is 102 Å². The number of ether oxygens (including phenoxy) is 3. The number of hydrogen-bond donors (Lipinski definition) is 3. The van der Waals surface area contributed by atoms with Gasteiger partial charge in [0.05, 0.1) is 11.7 Å². The highest BCUT2D eigenvalue weighted by Crippen LogP contribution is 2.44. The molecule has 3 N–H and O–H groups in total. The van der Waals surface area contributed by atoms with Crippen LogP contribution in [-0.2, 0) is 24.5 Å². The first-order valence-corrected chi connectivity index (χ1v) is 21.7. The summed E-state index contributed by atoms with van der Waals surface area (Å²) in [6, 6.07) is 43.7. The fourth-order valence-electron chi connectivity index (χ4n) is 8.32. The van der Waals surface area contributed by atoms with E-state index in [0.717, 1.165) is 38.9 Å². The molecule has 0 saturated carbocycles. The van der Waals surface area contributed by atoms with Gasteiger partial charge in [0, 0.05) is 12.3 Å². The maximum atomic E-state index is 14.5. The Morgan fingerprint density at radius 3 is 1.61 bits per heavy atom. The van der Waals surface area contributed by atoms with Gasteiger partial charge in [-0.15, -0.1) is 10.2 Å². The van der Waals surface area contributed by atoms with Gasteiger partial charge in [-0.2, -0.15) is 0 Å². The van der Waals surface area contributed by atoms with Crippen LogP contribution in [0.15, 0.2) is 144 Å². The van der Waals surface area contributed by atoms with Gasteiger partial charge in [-0.1, -0.05) is 140 Å². The fourth-order valence-corrected chi connectivity index (χ4v) is 8.32. The van der Waals surface area contributed by atoms with E-state index >= 15 is 0 Å². The molecule has 1 aliphatic rings. The summed E-state index contributed by atoms with van der Waals surface area (Å²) in [7, 11) is 0. The summed E-state index contributed by atoms with van der Waals surface area (Å²) in [5.41, 5.74) is 4.52. The van der Waals surface area contributed by atoms with Crippen LogP contribution >= 0.6 is 0 Å². The van der Waals surface area contributed by atoms with Crippen molar-refractivity contribution in [1.82, 2.24) is 26.1 Å². The van der Waals surface area contributed by atoms with E-state index in [-0.39, 0.29) is 43.1 Å². The smallest absolute Gasteiger partial charge is 0.408 e. The third kappa shape index (κ3) is 10.7. The topological polar surface area (TPSA) is 154 Å². The molecule has 3 atom stereocenters. The third-order valence-corrected chi connectivity index (χ3v) is 10.9. The second-order valence-electron chi connectivity index (χ2n) is 18.0. The van der Waals surface area contributed by atoms with E-state index in [1.807, 2.05) is 136 Å². The van der Waals surface area contributed by atoms with Crippen LogP contribution in [0.3, 0.4) is 0 Å². The van der Waals surface area contributed by atoms with Gasteiger partial charge in [0.1, 0.15) is 29.8 Å². The number of carbonyl (C=O) groups excluding carboxylic acids is 3. The number of rotatable bonds is 15. The lowest BCUT2D eigenvalue weighted by molar-refractivity contribution is -0.122. The Bertz CT molecular complexity index is 2370. The van der Waals surface area contributed by atoms with Gasteiger partial charge >= 0.3 is 12.2 Å². The van der Waals surface area contributed by atoms with Crippen LogP contribution in [0, 0.1) is 0 Å². The van der Waals surface area contributed by atoms with Gasteiger partial charge in [-0.25, -0.2) is 9.59 Å². The highest BCUT2D eigenvalue weighted by molar-refractivity contribution is 5.80. The van der Waals surface area contributed by atoms with Gasteiger partial charge in [-0.05, 0) is 93.8 Å². The molecule has 1 aliphatic carbocycles.